The monoisotopic (exact) mass is 533 g/mol. The number of benzene rings is 1. The number of anilines is 1. The van der Waals surface area contributed by atoms with Crippen LogP contribution < -0.4 is 20.9 Å². The number of amides is 2. The Morgan fingerprint density at radius 3 is 2.22 bits per heavy atom. The predicted octanol–water partition coefficient (Wildman–Crippen LogP) is 2.22. The van der Waals surface area contributed by atoms with Gasteiger partial charge in [0, 0.05) is 12.3 Å². The van der Waals surface area contributed by atoms with Crippen molar-refractivity contribution < 1.29 is 51.3 Å². The maximum Gasteiger partial charge on any atom is 0.411 e. The highest BCUT2D eigenvalue weighted by Crippen LogP contribution is 2.26. The van der Waals surface area contributed by atoms with Crippen molar-refractivity contribution in [2.75, 3.05) is 19.0 Å². The van der Waals surface area contributed by atoms with Gasteiger partial charge < -0.3 is 24.5 Å². The van der Waals surface area contributed by atoms with Gasteiger partial charge >= 0.3 is 12.1 Å². The third-order valence-corrected chi connectivity index (χ3v) is 4.29. The summed E-state index contributed by atoms with van der Waals surface area (Å²) in [5.74, 6) is -12.8. The highest BCUT2D eigenvalue weighted by molar-refractivity contribution is 5.92. The molecule has 0 unspecified atom stereocenters. The van der Waals surface area contributed by atoms with Crippen molar-refractivity contribution in [3.8, 4) is 5.75 Å². The zero-order valence-corrected chi connectivity index (χ0v) is 19.8. The molecule has 2 aromatic rings. The molecule has 0 aliphatic rings. The molecule has 0 saturated carbocycles. The maximum absolute atomic E-state index is 13.7. The molecule has 15 heteroatoms. The second kappa shape index (κ2) is 14.2. The lowest BCUT2D eigenvalue weighted by molar-refractivity contribution is -0.140. The highest BCUT2D eigenvalue weighted by Gasteiger charge is 2.27. The third kappa shape index (κ3) is 8.63. The Hall–Kier alpha value is -4.43. The van der Waals surface area contributed by atoms with Crippen LogP contribution in [0, 0.1) is 23.3 Å². The minimum atomic E-state index is -1.92. The Morgan fingerprint density at radius 2 is 1.68 bits per heavy atom. The van der Waals surface area contributed by atoms with Crippen molar-refractivity contribution >= 4 is 29.4 Å². The van der Waals surface area contributed by atoms with Gasteiger partial charge in [-0.2, -0.15) is 8.78 Å². The van der Waals surface area contributed by atoms with Crippen molar-refractivity contribution in [2.24, 2.45) is 0 Å². The molecule has 0 bridgehead atoms. The number of Topliss-reactive ketones (excluding diaryl/α,β-unsaturated/α-hetero) is 1. The molecule has 3 N–H and O–H groups in total. The molecule has 2 amide bonds. The minimum Gasteiger partial charge on any atom is -0.481 e. The number of nitrogens with zero attached hydrogens (tertiary/aromatic N) is 1. The van der Waals surface area contributed by atoms with Crippen LogP contribution in [0.25, 0.3) is 0 Å². The van der Waals surface area contributed by atoms with E-state index in [1.807, 2.05) is 19.2 Å². The minimum absolute atomic E-state index is 0.0789. The van der Waals surface area contributed by atoms with Crippen molar-refractivity contribution in [3.05, 3.63) is 58.0 Å². The van der Waals surface area contributed by atoms with Crippen LogP contribution >= 0.6 is 0 Å². The van der Waals surface area contributed by atoms with Crippen LogP contribution in [0.2, 0.25) is 0 Å². The lowest BCUT2D eigenvalue weighted by atomic mass is 10.1. The van der Waals surface area contributed by atoms with Crippen LogP contribution in [-0.4, -0.2) is 53.2 Å². The summed E-state index contributed by atoms with van der Waals surface area (Å²) in [6.45, 7) is 2.02. The molecule has 1 aromatic heterocycles. The molecule has 2 rings (SSSR count). The second-order valence-electron chi connectivity index (χ2n) is 6.74. The van der Waals surface area contributed by atoms with Gasteiger partial charge in [-0.05, 0) is 12.1 Å². The molecule has 1 atom stereocenters. The Balaban J connectivity index is 0.00000334. The van der Waals surface area contributed by atoms with E-state index < -0.39 is 83.9 Å². The first-order chi connectivity index (χ1) is 17.4. The van der Waals surface area contributed by atoms with Crippen molar-refractivity contribution in [3.63, 3.8) is 0 Å². The second-order valence-corrected chi connectivity index (χ2v) is 6.74. The average molecular weight is 533 g/mol. The number of carboxylic acids is 1. The van der Waals surface area contributed by atoms with E-state index in [0.29, 0.717) is 0 Å². The third-order valence-electron chi connectivity index (χ3n) is 4.29. The number of aliphatic carboxylic acids is 1. The van der Waals surface area contributed by atoms with Crippen molar-refractivity contribution in [1.29, 1.82) is 0 Å². The fraction of sp³-hybridized carbons (Fsp3) is 0.318. The smallest absolute Gasteiger partial charge is 0.411 e. The summed E-state index contributed by atoms with van der Waals surface area (Å²) in [5.41, 5.74) is -1.08. The molecule has 0 saturated heterocycles. The van der Waals surface area contributed by atoms with E-state index >= 15 is 0 Å². The van der Waals surface area contributed by atoms with Gasteiger partial charge in [-0.15, -0.1) is 0 Å². The summed E-state index contributed by atoms with van der Waals surface area (Å²) in [6, 6.07) is 0.644. The van der Waals surface area contributed by atoms with Gasteiger partial charge in [0.1, 0.15) is 24.9 Å². The highest BCUT2D eigenvalue weighted by atomic mass is 19.2. The molecule has 0 aliphatic carbocycles. The first-order valence-electron chi connectivity index (χ1n) is 10.5. The Morgan fingerprint density at radius 1 is 1.08 bits per heavy atom. The number of aromatic nitrogens is 1. The fourth-order valence-corrected chi connectivity index (χ4v) is 2.65. The van der Waals surface area contributed by atoms with Gasteiger partial charge in [0.15, 0.2) is 23.2 Å². The van der Waals surface area contributed by atoms with E-state index in [1.165, 1.54) is 12.1 Å². The van der Waals surface area contributed by atoms with Gasteiger partial charge in [-0.1, -0.05) is 13.8 Å². The lowest BCUT2D eigenvalue weighted by Gasteiger charge is -2.17. The number of pyridine rings is 1. The molecule has 1 aromatic carbocycles. The van der Waals surface area contributed by atoms with Crippen LogP contribution in [0.15, 0.2) is 29.2 Å². The normalized spacial score (nSPS) is 10.9. The summed E-state index contributed by atoms with van der Waals surface area (Å²) in [5, 5.41) is 13.1. The zero-order valence-electron chi connectivity index (χ0n) is 19.8. The molecule has 11 nitrogen and oxygen atoms in total. The molecule has 0 aliphatic heterocycles. The van der Waals surface area contributed by atoms with Gasteiger partial charge in [-0.25, -0.2) is 13.6 Å². The number of carboxylic acid groups (broad SMARTS) is 1. The van der Waals surface area contributed by atoms with E-state index in [2.05, 4.69) is 14.8 Å². The number of carbonyl (C=O) groups excluding carboxylic acids is 3. The van der Waals surface area contributed by atoms with E-state index in [1.54, 1.807) is 0 Å². The van der Waals surface area contributed by atoms with Crippen LogP contribution in [0.1, 0.15) is 20.3 Å². The van der Waals surface area contributed by atoms with Gasteiger partial charge in [0.2, 0.25) is 17.5 Å². The average Bonchev–Trinajstić information content (AvgIpc) is 2.85. The number of carbonyl (C=O) groups is 4. The molecular formula is C22H23F4N3O8. The van der Waals surface area contributed by atoms with Crippen LogP contribution in [0.4, 0.5) is 28.0 Å². The van der Waals surface area contributed by atoms with Crippen LogP contribution in [0.3, 0.4) is 0 Å². The topological polar surface area (TPSA) is 153 Å². The SMILES string of the molecule is CC.COC(=O)Nc1cccn(CC(=O)N[C@@H](CC(=O)O)C(=O)COc2c(F)c(F)cc(F)c2F)c1=O. The van der Waals surface area contributed by atoms with Crippen molar-refractivity contribution in [2.45, 2.75) is 32.9 Å². The fourth-order valence-electron chi connectivity index (χ4n) is 2.65. The number of methoxy groups -OCH3 is 1. The van der Waals surface area contributed by atoms with Crippen LogP contribution in [0.5, 0.6) is 5.75 Å². The van der Waals surface area contributed by atoms with Crippen LogP contribution in [-0.2, 0) is 25.7 Å². The molecular weight excluding hydrogens is 510 g/mol. The standard InChI is InChI=1S/C20H17F4N3O8.C2H6/c1-34-20(33)26-11-3-2-4-27(19(11)32)7-14(29)25-12(6-15(30)31)13(28)8-35-18-16(23)9(21)5-10(22)17(18)24;1-2/h2-5,12H,6-8H2,1H3,(H,25,29)(H,26,33)(H,30,31);1-2H3/t12-;/m0./s1. The first-order valence-corrected chi connectivity index (χ1v) is 10.5. The quantitative estimate of drug-likeness (QED) is 0.311. The number of nitrogens with one attached hydrogen (secondary N) is 2. The lowest BCUT2D eigenvalue weighted by Crippen LogP contribution is -2.46. The van der Waals surface area contributed by atoms with Crippen molar-refractivity contribution in [1.82, 2.24) is 9.88 Å². The summed E-state index contributed by atoms with van der Waals surface area (Å²) < 4.78 is 63.6. The zero-order chi connectivity index (χ0) is 28.3. The van der Waals surface area contributed by atoms with E-state index in [4.69, 9.17) is 5.11 Å². The number of ketones is 1. The first kappa shape index (κ1) is 30.6. The molecule has 0 radical (unpaired) electrons. The van der Waals surface area contributed by atoms with E-state index in [0.717, 1.165) is 17.9 Å². The number of hydrogen-bond acceptors (Lipinski definition) is 7. The summed E-state index contributed by atoms with van der Waals surface area (Å²) in [7, 11) is 1.06. The number of halogens is 4. The summed E-state index contributed by atoms with van der Waals surface area (Å²) in [4.78, 5) is 59.4. The van der Waals surface area contributed by atoms with E-state index in [9.17, 15) is 41.5 Å². The Labute approximate surface area is 207 Å². The maximum atomic E-state index is 13.7. The summed E-state index contributed by atoms with van der Waals surface area (Å²) in [6.07, 6.45) is -0.789. The summed E-state index contributed by atoms with van der Waals surface area (Å²) >= 11 is 0. The Bertz CT molecular complexity index is 1190. The molecule has 202 valence electrons. The largest absolute Gasteiger partial charge is 0.481 e. The van der Waals surface area contributed by atoms with Gasteiger partial charge in [0.25, 0.3) is 5.56 Å². The molecule has 37 heavy (non-hydrogen) atoms. The number of rotatable bonds is 10. The Kier molecular flexibility index (Phi) is 11.7. The molecule has 1 heterocycles. The number of hydrogen-bond donors (Lipinski definition) is 3. The molecule has 0 spiro atoms. The van der Waals surface area contributed by atoms with Gasteiger partial charge in [0.05, 0.1) is 13.5 Å². The van der Waals surface area contributed by atoms with Gasteiger partial charge in [-0.3, -0.25) is 24.5 Å². The predicted molar refractivity (Wildman–Crippen MR) is 119 cm³/mol. The number of ether oxygens (including phenoxy) is 2. The molecule has 0 fully saturated rings. The van der Waals surface area contributed by atoms with E-state index in [-0.39, 0.29) is 11.8 Å².